The number of halogens is 1. The van der Waals surface area contributed by atoms with Gasteiger partial charge in [-0.15, -0.1) is 0 Å². The number of nitrogens with zero attached hydrogens (tertiary/aromatic N) is 1. The molecule has 0 saturated heterocycles. The van der Waals surface area contributed by atoms with E-state index in [1.165, 1.54) is 12.1 Å². The number of sulfonamides is 1. The van der Waals surface area contributed by atoms with Gasteiger partial charge in [-0.05, 0) is 31.4 Å². The highest BCUT2D eigenvalue weighted by Crippen LogP contribution is 2.29. The third-order valence-electron chi connectivity index (χ3n) is 3.10. The van der Waals surface area contributed by atoms with Crippen LogP contribution < -0.4 is 10.5 Å². The maximum atomic E-state index is 12.5. The van der Waals surface area contributed by atoms with Crippen LogP contribution in [0.1, 0.15) is 27.2 Å². The maximum absolute atomic E-state index is 12.5. The Morgan fingerprint density at radius 1 is 1.45 bits per heavy atom. The minimum absolute atomic E-state index is 0.0920. The van der Waals surface area contributed by atoms with E-state index in [0.29, 0.717) is 10.9 Å². The van der Waals surface area contributed by atoms with E-state index >= 15 is 0 Å². The second-order valence-electron chi connectivity index (χ2n) is 5.84. The van der Waals surface area contributed by atoms with Crippen molar-refractivity contribution >= 4 is 31.6 Å². The molecule has 9 heteroatoms. The molecule has 0 amide bonds. The second-order valence-corrected chi connectivity index (χ2v) is 8.40. The van der Waals surface area contributed by atoms with Gasteiger partial charge in [0.05, 0.1) is 4.92 Å². The standard InChI is InChI=1S/C13H20BrN3O4S/c1-9(2)7-13(3,8-15)16-22(20,21)12-5-4-10(14)6-11(12)17(18)19/h4-6,9,16H,7-8,15H2,1-3H3. The Hall–Kier alpha value is -1.03. The molecule has 0 saturated carbocycles. The zero-order valence-electron chi connectivity index (χ0n) is 12.7. The first-order valence-corrected chi connectivity index (χ1v) is 8.96. The van der Waals surface area contributed by atoms with E-state index in [1.807, 2.05) is 13.8 Å². The lowest BCUT2D eigenvalue weighted by molar-refractivity contribution is -0.387. The molecular formula is C13H20BrN3O4S. The minimum Gasteiger partial charge on any atom is -0.329 e. The zero-order chi connectivity index (χ0) is 17.1. The molecule has 1 unspecified atom stereocenters. The first kappa shape index (κ1) is 19.0. The first-order chi connectivity index (χ1) is 10.0. The number of benzene rings is 1. The van der Waals surface area contributed by atoms with Crippen LogP contribution in [-0.4, -0.2) is 25.4 Å². The third-order valence-corrected chi connectivity index (χ3v) is 5.28. The lowest BCUT2D eigenvalue weighted by atomic mass is 9.92. The summed E-state index contributed by atoms with van der Waals surface area (Å²) in [4.78, 5) is 10.0. The molecule has 1 aromatic carbocycles. The van der Waals surface area contributed by atoms with Gasteiger partial charge in [0, 0.05) is 22.6 Å². The normalized spacial score (nSPS) is 14.8. The van der Waals surface area contributed by atoms with Crippen LogP contribution in [0.3, 0.4) is 0 Å². The van der Waals surface area contributed by atoms with Gasteiger partial charge >= 0.3 is 0 Å². The van der Waals surface area contributed by atoms with Crippen LogP contribution >= 0.6 is 15.9 Å². The highest BCUT2D eigenvalue weighted by Gasteiger charge is 2.34. The van der Waals surface area contributed by atoms with Crippen molar-refractivity contribution in [2.75, 3.05) is 6.54 Å². The van der Waals surface area contributed by atoms with Crippen molar-refractivity contribution in [2.24, 2.45) is 11.7 Å². The van der Waals surface area contributed by atoms with Crippen molar-refractivity contribution < 1.29 is 13.3 Å². The molecule has 1 aromatic rings. The predicted octanol–water partition coefficient (Wildman–Crippen LogP) is 2.40. The molecule has 0 aromatic heterocycles. The van der Waals surface area contributed by atoms with E-state index in [1.54, 1.807) is 6.92 Å². The van der Waals surface area contributed by atoms with E-state index in [4.69, 9.17) is 5.73 Å². The number of nitrogens with one attached hydrogen (secondary N) is 1. The Kier molecular flexibility index (Phi) is 6.08. The first-order valence-electron chi connectivity index (χ1n) is 6.69. The monoisotopic (exact) mass is 393 g/mol. The third kappa shape index (κ3) is 4.73. The lowest BCUT2D eigenvalue weighted by Crippen LogP contribution is -2.52. The van der Waals surface area contributed by atoms with Gasteiger partial charge in [0.15, 0.2) is 4.90 Å². The molecule has 0 spiro atoms. The smallest absolute Gasteiger partial charge is 0.290 e. The topological polar surface area (TPSA) is 115 Å². The Balaban J connectivity index is 3.28. The number of nitrogens with two attached hydrogens (primary N) is 1. The zero-order valence-corrected chi connectivity index (χ0v) is 15.1. The predicted molar refractivity (Wildman–Crippen MR) is 88.0 cm³/mol. The molecule has 0 fully saturated rings. The van der Waals surface area contributed by atoms with Gasteiger partial charge < -0.3 is 5.73 Å². The quantitative estimate of drug-likeness (QED) is 0.544. The van der Waals surface area contributed by atoms with Crippen molar-refractivity contribution in [1.29, 1.82) is 0 Å². The molecule has 124 valence electrons. The Bertz CT molecular complexity index is 663. The molecule has 1 rings (SSSR count). The number of nitro groups is 1. The fraction of sp³-hybridized carbons (Fsp3) is 0.538. The molecule has 0 bridgehead atoms. The minimum atomic E-state index is -4.06. The molecule has 7 nitrogen and oxygen atoms in total. The molecule has 0 heterocycles. The summed E-state index contributed by atoms with van der Waals surface area (Å²) in [6, 6.07) is 3.82. The van der Waals surface area contributed by atoms with Crippen LogP contribution in [0.4, 0.5) is 5.69 Å². The lowest BCUT2D eigenvalue weighted by Gasteiger charge is -2.30. The van der Waals surface area contributed by atoms with Crippen molar-refractivity contribution in [3.05, 3.63) is 32.8 Å². The van der Waals surface area contributed by atoms with Crippen LogP contribution in [0, 0.1) is 16.0 Å². The van der Waals surface area contributed by atoms with Crippen LogP contribution in [0.2, 0.25) is 0 Å². The van der Waals surface area contributed by atoms with Gasteiger partial charge in [-0.3, -0.25) is 10.1 Å². The highest BCUT2D eigenvalue weighted by molar-refractivity contribution is 9.10. The number of rotatable bonds is 7. The number of hydrogen-bond donors (Lipinski definition) is 2. The van der Waals surface area contributed by atoms with E-state index in [0.717, 1.165) is 6.07 Å². The fourth-order valence-electron chi connectivity index (χ4n) is 2.31. The van der Waals surface area contributed by atoms with Crippen LogP contribution in [-0.2, 0) is 10.0 Å². The van der Waals surface area contributed by atoms with Crippen LogP contribution in [0.15, 0.2) is 27.6 Å². The molecule has 0 radical (unpaired) electrons. The summed E-state index contributed by atoms with van der Waals surface area (Å²) < 4.78 is 28.0. The van der Waals surface area contributed by atoms with Crippen molar-refractivity contribution in [1.82, 2.24) is 4.72 Å². The largest absolute Gasteiger partial charge is 0.329 e. The van der Waals surface area contributed by atoms with Crippen LogP contribution in [0.25, 0.3) is 0 Å². The molecule has 0 aliphatic carbocycles. The van der Waals surface area contributed by atoms with Gasteiger partial charge in [-0.1, -0.05) is 29.8 Å². The van der Waals surface area contributed by atoms with Crippen LogP contribution in [0.5, 0.6) is 0 Å². The summed E-state index contributed by atoms with van der Waals surface area (Å²) in [5, 5.41) is 11.1. The van der Waals surface area contributed by atoms with Gasteiger partial charge in [-0.25, -0.2) is 13.1 Å². The van der Waals surface area contributed by atoms with Crippen molar-refractivity contribution in [3.63, 3.8) is 0 Å². The van der Waals surface area contributed by atoms with Gasteiger partial charge in [0.25, 0.3) is 5.69 Å². The molecule has 22 heavy (non-hydrogen) atoms. The SMILES string of the molecule is CC(C)CC(C)(CN)NS(=O)(=O)c1ccc(Br)cc1[N+](=O)[O-]. The maximum Gasteiger partial charge on any atom is 0.290 e. The molecule has 0 aliphatic heterocycles. The second kappa shape index (κ2) is 7.03. The summed E-state index contributed by atoms with van der Waals surface area (Å²) >= 11 is 3.10. The summed E-state index contributed by atoms with van der Waals surface area (Å²) in [6.07, 6.45) is 0.521. The average Bonchev–Trinajstić information content (AvgIpc) is 2.36. The van der Waals surface area contributed by atoms with E-state index in [9.17, 15) is 18.5 Å². The van der Waals surface area contributed by atoms with E-state index in [-0.39, 0.29) is 17.4 Å². The molecule has 0 aliphatic rings. The molecule has 3 N–H and O–H groups in total. The van der Waals surface area contributed by atoms with Crippen molar-refractivity contribution in [3.8, 4) is 0 Å². The van der Waals surface area contributed by atoms with Gasteiger partial charge in [0.2, 0.25) is 10.0 Å². The number of nitro benzene ring substituents is 1. The van der Waals surface area contributed by atoms with Gasteiger partial charge in [-0.2, -0.15) is 0 Å². The molecular weight excluding hydrogens is 374 g/mol. The summed E-state index contributed by atoms with van der Waals surface area (Å²) in [5.74, 6) is 0.219. The van der Waals surface area contributed by atoms with E-state index in [2.05, 4.69) is 20.7 Å². The summed E-state index contributed by atoms with van der Waals surface area (Å²) in [5.41, 5.74) is 4.35. The molecule has 1 atom stereocenters. The highest BCUT2D eigenvalue weighted by atomic mass is 79.9. The average molecular weight is 394 g/mol. The Labute approximate surface area is 138 Å². The number of hydrogen-bond acceptors (Lipinski definition) is 5. The Morgan fingerprint density at radius 2 is 2.05 bits per heavy atom. The summed E-state index contributed by atoms with van der Waals surface area (Å²) in [7, 11) is -4.06. The van der Waals surface area contributed by atoms with E-state index < -0.39 is 26.2 Å². The summed E-state index contributed by atoms with van der Waals surface area (Å²) in [6.45, 7) is 5.68. The van der Waals surface area contributed by atoms with Crippen molar-refractivity contribution in [2.45, 2.75) is 37.6 Å². The Morgan fingerprint density at radius 3 is 2.50 bits per heavy atom. The fourth-order valence-corrected chi connectivity index (χ4v) is 4.24. The van der Waals surface area contributed by atoms with Gasteiger partial charge in [0.1, 0.15) is 0 Å².